The number of amides is 1. The molecule has 5 heteroatoms. The van der Waals surface area contributed by atoms with Gasteiger partial charge in [-0.15, -0.1) is 0 Å². The van der Waals surface area contributed by atoms with Crippen LogP contribution in [0, 0.1) is 0 Å². The molecule has 0 spiro atoms. The van der Waals surface area contributed by atoms with E-state index in [-0.39, 0.29) is 12.8 Å². The number of carbonyl (C=O) groups excluding carboxylic acids is 2. The quantitative estimate of drug-likeness (QED) is 0.505. The molecule has 0 heterocycles. The molecule has 4 nitrogen and oxygen atoms in total. The van der Waals surface area contributed by atoms with Gasteiger partial charge in [0, 0.05) is 6.42 Å². The van der Waals surface area contributed by atoms with E-state index in [1.807, 2.05) is 0 Å². The van der Waals surface area contributed by atoms with E-state index in [2.05, 4.69) is 0 Å². The van der Waals surface area contributed by atoms with Gasteiger partial charge in [0.2, 0.25) is 5.91 Å². The Bertz CT molecular complexity index is 149. The number of hydrogen-bond acceptors (Lipinski definition) is 3. The minimum Gasteiger partial charge on any atom is -0.370 e. The van der Waals surface area contributed by atoms with E-state index in [9.17, 15) is 14.0 Å². The van der Waals surface area contributed by atoms with Gasteiger partial charge in [0.05, 0.1) is 6.04 Å². The maximum atomic E-state index is 11.6. The lowest BCUT2D eigenvalue weighted by atomic mass is 10.2. The Morgan fingerprint density at radius 3 is 2.30 bits per heavy atom. The maximum Gasteiger partial charge on any atom is 0.318 e. The number of carbonyl (C=O) groups is 2. The Hall–Kier alpha value is -0.970. The van der Waals surface area contributed by atoms with Crippen molar-refractivity contribution in [1.82, 2.24) is 0 Å². The number of rotatable bonds is 4. The van der Waals surface area contributed by atoms with Crippen LogP contribution in [0.2, 0.25) is 0 Å². The van der Waals surface area contributed by atoms with Crippen molar-refractivity contribution in [2.75, 3.05) is 0 Å². The van der Waals surface area contributed by atoms with Gasteiger partial charge in [-0.1, -0.05) is 0 Å². The number of hydrogen-bond donors (Lipinski definition) is 2. The van der Waals surface area contributed by atoms with Gasteiger partial charge in [-0.2, -0.15) is 4.39 Å². The molecule has 58 valence electrons. The van der Waals surface area contributed by atoms with Crippen molar-refractivity contribution in [3.8, 4) is 0 Å². The summed E-state index contributed by atoms with van der Waals surface area (Å²) in [5.74, 6) is -0.586. The maximum absolute atomic E-state index is 11.6. The Kier molecular flexibility index (Phi) is 3.56. The molecule has 0 aliphatic rings. The smallest absolute Gasteiger partial charge is 0.318 e. The average Bonchev–Trinajstić information content (AvgIpc) is 1.82. The Balaban J connectivity index is 3.49. The second-order valence-electron chi connectivity index (χ2n) is 1.92. The van der Waals surface area contributed by atoms with Crippen LogP contribution in [0.5, 0.6) is 0 Å². The van der Waals surface area contributed by atoms with Crippen LogP contribution in [0.15, 0.2) is 0 Å². The second-order valence-corrected chi connectivity index (χ2v) is 1.92. The monoisotopic (exact) mass is 148 g/mol. The Morgan fingerprint density at radius 2 is 2.00 bits per heavy atom. The first-order valence-electron chi connectivity index (χ1n) is 2.77. The fourth-order valence-electron chi connectivity index (χ4n) is 0.411. The van der Waals surface area contributed by atoms with E-state index in [4.69, 9.17) is 11.5 Å². The van der Waals surface area contributed by atoms with Crippen LogP contribution in [0.1, 0.15) is 12.8 Å². The summed E-state index contributed by atoms with van der Waals surface area (Å²) < 4.78 is 11.6. The van der Waals surface area contributed by atoms with E-state index < -0.39 is 18.0 Å². The normalized spacial score (nSPS) is 12.6. The van der Waals surface area contributed by atoms with Crippen molar-refractivity contribution in [2.24, 2.45) is 11.5 Å². The topological polar surface area (TPSA) is 86.2 Å². The van der Waals surface area contributed by atoms with Crippen molar-refractivity contribution in [2.45, 2.75) is 18.9 Å². The predicted molar refractivity (Wildman–Crippen MR) is 32.5 cm³/mol. The predicted octanol–water partition coefficient (Wildman–Crippen LogP) is -0.925. The Labute approximate surface area is 57.4 Å². The molecular formula is C5H9FN2O2. The van der Waals surface area contributed by atoms with Gasteiger partial charge in [-0.25, -0.2) is 0 Å². The van der Waals surface area contributed by atoms with Crippen LogP contribution < -0.4 is 11.5 Å². The average molecular weight is 148 g/mol. The van der Waals surface area contributed by atoms with Crippen LogP contribution >= 0.6 is 0 Å². The standard InChI is InChI=1S/C5H9FN2O2/c6-5(10)3(7)1-2-4(8)9/h3H,1-2,7H2,(H2,8,9)/t3-/m0/s1. The lowest BCUT2D eigenvalue weighted by Gasteiger charge is -2.00. The zero-order valence-corrected chi connectivity index (χ0v) is 5.34. The summed E-state index contributed by atoms with van der Waals surface area (Å²) in [7, 11) is 0. The van der Waals surface area contributed by atoms with Crippen LogP contribution in [-0.4, -0.2) is 18.0 Å². The van der Waals surface area contributed by atoms with E-state index >= 15 is 0 Å². The zero-order chi connectivity index (χ0) is 8.15. The minimum atomic E-state index is -1.61. The van der Waals surface area contributed by atoms with Crippen molar-refractivity contribution in [3.05, 3.63) is 0 Å². The molecule has 10 heavy (non-hydrogen) atoms. The highest BCUT2D eigenvalue weighted by Gasteiger charge is 2.12. The van der Waals surface area contributed by atoms with Gasteiger partial charge < -0.3 is 11.5 Å². The first-order valence-corrected chi connectivity index (χ1v) is 2.77. The molecule has 0 aromatic carbocycles. The third-order valence-electron chi connectivity index (χ3n) is 0.993. The van der Waals surface area contributed by atoms with E-state index in [1.54, 1.807) is 0 Å². The highest BCUT2D eigenvalue weighted by Crippen LogP contribution is 1.94. The molecule has 0 aliphatic carbocycles. The lowest BCUT2D eigenvalue weighted by Crippen LogP contribution is -2.29. The fraction of sp³-hybridized carbons (Fsp3) is 0.600. The van der Waals surface area contributed by atoms with Crippen molar-refractivity contribution in [3.63, 3.8) is 0 Å². The van der Waals surface area contributed by atoms with E-state index in [0.29, 0.717) is 0 Å². The summed E-state index contributed by atoms with van der Waals surface area (Å²) in [6.45, 7) is 0. The molecule has 0 aliphatic heterocycles. The molecule has 4 N–H and O–H groups in total. The second kappa shape index (κ2) is 3.94. The van der Waals surface area contributed by atoms with Crippen LogP contribution in [0.4, 0.5) is 4.39 Å². The van der Waals surface area contributed by atoms with Gasteiger partial charge in [0.1, 0.15) is 0 Å². The van der Waals surface area contributed by atoms with Gasteiger partial charge in [0.15, 0.2) is 0 Å². The molecular weight excluding hydrogens is 139 g/mol. The van der Waals surface area contributed by atoms with Crippen molar-refractivity contribution in [1.29, 1.82) is 0 Å². The molecule has 0 bridgehead atoms. The molecule has 1 amide bonds. The molecule has 0 aromatic rings. The molecule has 0 unspecified atom stereocenters. The van der Waals surface area contributed by atoms with E-state index in [0.717, 1.165) is 0 Å². The largest absolute Gasteiger partial charge is 0.370 e. The third kappa shape index (κ3) is 3.96. The molecule has 0 aromatic heterocycles. The molecule has 1 atom stereocenters. The van der Waals surface area contributed by atoms with Crippen LogP contribution in [0.25, 0.3) is 0 Å². The minimum absolute atomic E-state index is 0.0231. The number of halogens is 1. The van der Waals surface area contributed by atoms with Gasteiger partial charge in [0.25, 0.3) is 0 Å². The van der Waals surface area contributed by atoms with Gasteiger partial charge in [-0.3, -0.25) is 9.59 Å². The molecule has 0 saturated heterocycles. The zero-order valence-electron chi connectivity index (χ0n) is 5.34. The summed E-state index contributed by atoms with van der Waals surface area (Å²) in [4.78, 5) is 19.9. The van der Waals surface area contributed by atoms with Gasteiger partial charge >= 0.3 is 6.04 Å². The summed E-state index contributed by atoms with van der Waals surface area (Å²) in [5.41, 5.74) is 9.65. The van der Waals surface area contributed by atoms with Crippen molar-refractivity contribution < 1.29 is 14.0 Å². The summed E-state index contributed by atoms with van der Waals surface area (Å²) in [5, 5.41) is 0. The third-order valence-corrected chi connectivity index (χ3v) is 0.993. The lowest BCUT2D eigenvalue weighted by molar-refractivity contribution is -0.130. The highest BCUT2D eigenvalue weighted by molar-refractivity contribution is 5.77. The summed E-state index contributed by atoms with van der Waals surface area (Å²) in [6, 6.07) is -2.81. The fourth-order valence-corrected chi connectivity index (χ4v) is 0.411. The molecule has 0 rings (SSSR count). The summed E-state index contributed by atoms with van der Waals surface area (Å²) >= 11 is 0. The van der Waals surface area contributed by atoms with E-state index in [1.165, 1.54) is 0 Å². The van der Waals surface area contributed by atoms with Crippen LogP contribution in [0.3, 0.4) is 0 Å². The number of primary amides is 1. The molecule has 0 radical (unpaired) electrons. The molecule has 0 saturated carbocycles. The first kappa shape index (κ1) is 9.03. The first-order chi connectivity index (χ1) is 4.54. The van der Waals surface area contributed by atoms with Gasteiger partial charge in [-0.05, 0) is 6.42 Å². The van der Waals surface area contributed by atoms with Crippen LogP contribution in [-0.2, 0) is 9.59 Å². The molecule has 0 fully saturated rings. The van der Waals surface area contributed by atoms with Crippen molar-refractivity contribution >= 4 is 11.9 Å². The number of nitrogens with two attached hydrogens (primary N) is 2. The summed E-state index contributed by atoms with van der Waals surface area (Å²) in [6.07, 6.45) is -0.0819. The SMILES string of the molecule is NC(=O)CC[C@H](N)C(=O)F. The Morgan fingerprint density at radius 1 is 1.50 bits per heavy atom. The highest BCUT2D eigenvalue weighted by atomic mass is 19.1.